The number of rotatable bonds is 8. The van der Waals surface area contributed by atoms with Gasteiger partial charge in [0.25, 0.3) is 5.91 Å². The summed E-state index contributed by atoms with van der Waals surface area (Å²) in [5.74, 6) is 0.842. The van der Waals surface area contributed by atoms with Crippen LogP contribution < -0.4 is 19.5 Å². The highest BCUT2D eigenvalue weighted by atomic mass is 19.4. The van der Waals surface area contributed by atoms with E-state index in [1.54, 1.807) is 12.1 Å². The first-order valence-electron chi connectivity index (χ1n) is 10.2. The Morgan fingerprint density at radius 1 is 1.00 bits per heavy atom. The summed E-state index contributed by atoms with van der Waals surface area (Å²) in [5, 5.41) is 6.75. The van der Waals surface area contributed by atoms with Gasteiger partial charge in [-0.15, -0.1) is 0 Å². The normalized spacial score (nSPS) is 12.4. The Bertz CT molecular complexity index is 1120. The lowest BCUT2D eigenvalue weighted by molar-refractivity contribution is -0.137. The number of hydrogen-bond donors (Lipinski definition) is 1. The summed E-state index contributed by atoms with van der Waals surface area (Å²) < 4.78 is 59.8. The van der Waals surface area contributed by atoms with Crippen molar-refractivity contribution < 1.29 is 36.7 Å². The molecule has 0 aliphatic rings. The molecule has 0 fully saturated rings. The van der Waals surface area contributed by atoms with Crippen molar-refractivity contribution in [1.29, 1.82) is 0 Å². The molecule has 182 valence electrons. The number of nitrogens with zero attached hydrogens (tertiary/aromatic N) is 2. The summed E-state index contributed by atoms with van der Waals surface area (Å²) in [6.07, 6.45) is -4.48. The molecule has 0 unspecified atom stereocenters. The van der Waals surface area contributed by atoms with E-state index in [4.69, 9.17) is 18.7 Å². The van der Waals surface area contributed by atoms with Gasteiger partial charge in [0.05, 0.1) is 26.9 Å². The minimum atomic E-state index is -4.48. The number of benzene rings is 2. The maximum absolute atomic E-state index is 12.8. The number of hydrogen-bond acceptors (Lipinski definition) is 7. The van der Waals surface area contributed by atoms with Crippen molar-refractivity contribution in [2.45, 2.75) is 26.1 Å². The predicted octanol–water partition coefficient (Wildman–Crippen LogP) is 4.91. The molecule has 1 N–H and O–H groups in total. The summed E-state index contributed by atoms with van der Waals surface area (Å²) in [6, 6.07) is 6.57. The first kappa shape index (κ1) is 24.9. The van der Waals surface area contributed by atoms with Gasteiger partial charge in [-0.05, 0) is 42.3 Å². The van der Waals surface area contributed by atoms with Crippen LogP contribution in [0.15, 0.2) is 40.9 Å². The zero-order chi connectivity index (χ0) is 25.0. The molecule has 0 saturated heterocycles. The third-order valence-electron chi connectivity index (χ3n) is 5.06. The second-order valence-corrected chi connectivity index (χ2v) is 7.64. The van der Waals surface area contributed by atoms with Crippen LogP contribution in [0.25, 0.3) is 11.4 Å². The van der Waals surface area contributed by atoms with Crippen molar-refractivity contribution in [2.24, 2.45) is 5.92 Å². The molecule has 3 rings (SSSR count). The topological polar surface area (TPSA) is 95.7 Å². The Morgan fingerprint density at radius 2 is 1.59 bits per heavy atom. The van der Waals surface area contributed by atoms with Gasteiger partial charge in [0.1, 0.15) is 6.04 Å². The minimum Gasteiger partial charge on any atom is -0.493 e. The number of carbonyl (C=O) groups is 1. The number of amides is 1. The lowest BCUT2D eigenvalue weighted by atomic mass is 10.0. The van der Waals surface area contributed by atoms with E-state index in [0.717, 1.165) is 24.3 Å². The van der Waals surface area contributed by atoms with Crippen LogP contribution in [-0.2, 0) is 6.18 Å². The van der Waals surface area contributed by atoms with E-state index < -0.39 is 23.7 Å². The quantitative estimate of drug-likeness (QED) is 0.491. The zero-order valence-electron chi connectivity index (χ0n) is 19.2. The molecule has 1 heterocycles. The first-order valence-corrected chi connectivity index (χ1v) is 10.2. The molecule has 0 saturated carbocycles. The van der Waals surface area contributed by atoms with Gasteiger partial charge in [0.15, 0.2) is 11.5 Å². The Kier molecular flexibility index (Phi) is 7.33. The van der Waals surface area contributed by atoms with Gasteiger partial charge in [-0.2, -0.15) is 18.2 Å². The first-order chi connectivity index (χ1) is 16.1. The molecule has 3 aromatic rings. The number of aromatic nitrogens is 2. The van der Waals surface area contributed by atoms with Crippen molar-refractivity contribution in [3.8, 4) is 28.6 Å². The van der Waals surface area contributed by atoms with E-state index in [0.29, 0.717) is 22.8 Å². The van der Waals surface area contributed by atoms with Crippen LogP contribution in [0.5, 0.6) is 17.2 Å². The minimum absolute atomic E-state index is 0.0722. The van der Waals surface area contributed by atoms with Crippen molar-refractivity contribution in [3.63, 3.8) is 0 Å². The number of alkyl halides is 3. The number of methoxy groups -OCH3 is 3. The Balaban J connectivity index is 1.86. The molecule has 0 spiro atoms. The Labute approximate surface area is 194 Å². The van der Waals surface area contributed by atoms with Crippen LogP contribution in [-0.4, -0.2) is 37.4 Å². The van der Waals surface area contributed by atoms with Crippen LogP contribution in [0.3, 0.4) is 0 Å². The fourth-order valence-corrected chi connectivity index (χ4v) is 3.24. The summed E-state index contributed by atoms with van der Waals surface area (Å²) in [7, 11) is 4.45. The van der Waals surface area contributed by atoms with Crippen LogP contribution in [0.4, 0.5) is 13.2 Å². The van der Waals surface area contributed by atoms with E-state index in [9.17, 15) is 18.0 Å². The van der Waals surface area contributed by atoms with Crippen LogP contribution in [0.1, 0.15) is 41.7 Å². The Morgan fingerprint density at radius 3 is 2.06 bits per heavy atom. The Hall–Kier alpha value is -3.76. The molecule has 0 aliphatic carbocycles. The summed E-state index contributed by atoms with van der Waals surface area (Å²) >= 11 is 0. The van der Waals surface area contributed by atoms with Crippen LogP contribution >= 0.6 is 0 Å². The second-order valence-electron chi connectivity index (χ2n) is 7.64. The monoisotopic (exact) mass is 479 g/mol. The third kappa shape index (κ3) is 5.24. The van der Waals surface area contributed by atoms with Crippen molar-refractivity contribution in [2.75, 3.05) is 21.3 Å². The summed E-state index contributed by atoms with van der Waals surface area (Å²) in [6.45, 7) is 3.67. The van der Waals surface area contributed by atoms with Gasteiger partial charge >= 0.3 is 6.18 Å². The molecule has 1 atom stereocenters. The highest BCUT2D eigenvalue weighted by molar-refractivity contribution is 5.94. The van der Waals surface area contributed by atoms with Gasteiger partial charge in [0, 0.05) is 11.1 Å². The molecule has 11 heteroatoms. The number of ether oxygens (including phenoxy) is 3. The lowest BCUT2D eigenvalue weighted by Gasteiger charge is -2.18. The maximum atomic E-state index is 12.8. The van der Waals surface area contributed by atoms with E-state index in [2.05, 4.69) is 15.5 Å². The third-order valence-corrected chi connectivity index (χ3v) is 5.06. The standard InChI is InChI=1S/C23H24F3N3O5/c1-12(2)18(27-21(30)13-6-8-15(9-7-13)23(24,25)26)22-28-20(29-34-22)14-10-16(31-3)19(33-5)17(11-14)32-4/h6-12,18H,1-5H3,(H,27,30)/t18-/m1/s1. The summed E-state index contributed by atoms with van der Waals surface area (Å²) in [4.78, 5) is 17.1. The molecule has 1 amide bonds. The lowest BCUT2D eigenvalue weighted by Crippen LogP contribution is -2.32. The zero-order valence-corrected chi connectivity index (χ0v) is 19.2. The molecule has 8 nitrogen and oxygen atoms in total. The fourth-order valence-electron chi connectivity index (χ4n) is 3.24. The molecule has 1 aromatic heterocycles. The average molecular weight is 479 g/mol. The molecule has 0 aliphatic heterocycles. The molecule has 2 aromatic carbocycles. The van der Waals surface area contributed by atoms with E-state index >= 15 is 0 Å². The van der Waals surface area contributed by atoms with Gasteiger partial charge < -0.3 is 24.1 Å². The number of nitrogens with one attached hydrogen (secondary N) is 1. The molecule has 34 heavy (non-hydrogen) atoms. The average Bonchev–Trinajstić information content (AvgIpc) is 3.30. The molecule has 0 radical (unpaired) electrons. The number of carbonyl (C=O) groups excluding carboxylic acids is 1. The van der Waals surface area contributed by atoms with Crippen molar-refractivity contribution in [3.05, 3.63) is 53.4 Å². The molecular formula is C23H24F3N3O5. The van der Waals surface area contributed by atoms with Crippen LogP contribution in [0, 0.1) is 5.92 Å². The van der Waals surface area contributed by atoms with Crippen molar-refractivity contribution in [1.82, 2.24) is 15.5 Å². The largest absolute Gasteiger partial charge is 0.493 e. The SMILES string of the molecule is COc1cc(-c2noc([C@H](NC(=O)c3ccc(C(F)(F)F)cc3)C(C)C)n2)cc(OC)c1OC. The smallest absolute Gasteiger partial charge is 0.416 e. The van der Waals surface area contributed by atoms with E-state index in [1.807, 2.05) is 13.8 Å². The fraction of sp³-hybridized carbons (Fsp3) is 0.348. The van der Waals surface area contributed by atoms with E-state index in [-0.39, 0.29) is 23.2 Å². The van der Waals surface area contributed by atoms with Gasteiger partial charge in [-0.25, -0.2) is 0 Å². The van der Waals surface area contributed by atoms with Crippen LogP contribution in [0.2, 0.25) is 0 Å². The van der Waals surface area contributed by atoms with Crippen molar-refractivity contribution >= 4 is 5.91 Å². The van der Waals surface area contributed by atoms with Gasteiger partial charge in [-0.1, -0.05) is 19.0 Å². The predicted molar refractivity (Wildman–Crippen MR) is 116 cm³/mol. The summed E-state index contributed by atoms with van der Waals surface area (Å²) in [5.41, 5.74) is -0.236. The number of halogens is 3. The molecule has 0 bridgehead atoms. The van der Waals surface area contributed by atoms with E-state index in [1.165, 1.54) is 21.3 Å². The maximum Gasteiger partial charge on any atom is 0.416 e. The highest BCUT2D eigenvalue weighted by Crippen LogP contribution is 2.40. The second kappa shape index (κ2) is 10.0. The van der Waals surface area contributed by atoms with Gasteiger partial charge in [0.2, 0.25) is 17.5 Å². The van der Waals surface area contributed by atoms with Gasteiger partial charge in [-0.3, -0.25) is 4.79 Å². The highest BCUT2D eigenvalue weighted by Gasteiger charge is 2.31. The molecular weight excluding hydrogens is 455 g/mol.